The fourth-order valence-electron chi connectivity index (χ4n) is 2.41. The van der Waals surface area contributed by atoms with Crippen LogP contribution in [0.3, 0.4) is 0 Å². The van der Waals surface area contributed by atoms with E-state index in [2.05, 4.69) is 15.5 Å². The van der Waals surface area contributed by atoms with Crippen LogP contribution in [0, 0.1) is 5.92 Å². The Morgan fingerprint density at radius 2 is 2.12 bits per heavy atom. The molecular weight excluding hydrogens is 361 g/mol. The minimum Gasteiger partial charge on any atom is -0.340 e. The molecule has 2 aromatic rings. The minimum atomic E-state index is -0.341. The van der Waals surface area contributed by atoms with E-state index in [0.29, 0.717) is 27.4 Å². The largest absolute Gasteiger partial charge is 0.340 e. The first-order valence-corrected chi connectivity index (χ1v) is 8.97. The molecule has 132 valence electrons. The van der Waals surface area contributed by atoms with Crippen LogP contribution < -0.4 is 5.32 Å². The molecule has 0 bridgehead atoms. The highest BCUT2D eigenvalue weighted by molar-refractivity contribution is 6.42. The Balaban J connectivity index is 1.69. The van der Waals surface area contributed by atoms with E-state index < -0.39 is 0 Å². The van der Waals surface area contributed by atoms with Crippen LogP contribution in [0.4, 0.5) is 0 Å². The van der Waals surface area contributed by atoms with Crippen molar-refractivity contribution in [2.75, 3.05) is 0 Å². The normalized spacial score (nSPS) is 15.7. The van der Waals surface area contributed by atoms with Crippen LogP contribution in [-0.4, -0.2) is 16.0 Å². The van der Waals surface area contributed by atoms with Crippen LogP contribution in [0.5, 0.6) is 0 Å². The van der Waals surface area contributed by atoms with Crippen molar-refractivity contribution < 1.29 is 9.32 Å². The van der Waals surface area contributed by atoms with Crippen molar-refractivity contribution in [3.63, 3.8) is 0 Å². The number of amides is 1. The quantitative estimate of drug-likeness (QED) is 0.733. The molecule has 1 aromatic heterocycles. The highest BCUT2D eigenvalue weighted by Gasteiger charge is 2.31. The average Bonchev–Trinajstić information content (AvgIpc) is 3.31. The molecule has 0 saturated heterocycles. The summed E-state index contributed by atoms with van der Waals surface area (Å²) >= 11 is 12.1. The topological polar surface area (TPSA) is 68.0 Å². The molecule has 3 rings (SSSR count). The van der Waals surface area contributed by atoms with E-state index in [1.54, 1.807) is 24.3 Å². The van der Waals surface area contributed by atoms with Crippen molar-refractivity contribution in [1.82, 2.24) is 15.5 Å². The molecule has 1 aliphatic carbocycles. The molecule has 1 heterocycles. The molecule has 7 heteroatoms. The van der Waals surface area contributed by atoms with E-state index in [1.807, 2.05) is 13.8 Å². The molecule has 1 aromatic carbocycles. The zero-order chi connectivity index (χ0) is 18.0. The molecular formula is C18H19Cl2N3O2. The maximum atomic E-state index is 12.3. The highest BCUT2D eigenvalue weighted by Crippen LogP contribution is 2.38. The molecule has 1 saturated carbocycles. The highest BCUT2D eigenvalue weighted by atomic mass is 35.5. The van der Waals surface area contributed by atoms with Crippen molar-refractivity contribution in [1.29, 1.82) is 0 Å². The van der Waals surface area contributed by atoms with E-state index in [1.165, 1.54) is 6.08 Å². The van der Waals surface area contributed by atoms with Crippen LogP contribution in [0.2, 0.25) is 10.0 Å². The number of hydrogen-bond donors (Lipinski definition) is 1. The van der Waals surface area contributed by atoms with Crippen LogP contribution in [-0.2, 0) is 4.79 Å². The Hall–Kier alpha value is -1.85. The molecule has 1 atom stereocenters. The third-order valence-corrected chi connectivity index (χ3v) is 4.86. The summed E-state index contributed by atoms with van der Waals surface area (Å²) in [4.78, 5) is 16.7. The summed E-state index contributed by atoms with van der Waals surface area (Å²) in [7, 11) is 0. The van der Waals surface area contributed by atoms with Crippen molar-refractivity contribution in [2.24, 2.45) is 5.92 Å². The molecule has 0 spiro atoms. The molecule has 1 aliphatic rings. The van der Waals surface area contributed by atoms with Crippen molar-refractivity contribution in [2.45, 2.75) is 38.6 Å². The van der Waals surface area contributed by atoms with Crippen LogP contribution in [0.1, 0.15) is 55.9 Å². The first kappa shape index (κ1) is 18.0. The van der Waals surface area contributed by atoms with Gasteiger partial charge in [-0.3, -0.25) is 4.79 Å². The number of halogens is 2. The number of nitrogens with one attached hydrogen (secondary N) is 1. The Labute approximate surface area is 156 Å². The third kappa shape index (κ3) is 4.41. The van der Waals surface area contributed by atoms with Crippen molar-refractivity contribution in [3.05, 3.63) is 51.6 Å². The van der Waals surface area contributed by atoms with Gasteiger partial charge in [0.05, 0.1) is 10.0 Å². The molecule has 1 unspecified atom stereocenters. The fraction of sp³-hybridized carbons (Fsp3) is 0.389. The fourth-order valence-corrected chi connectivity index (χ4v) is 2.78. The standard InChI is InChI=1S/C18H19Cl2N3O2/c1-10(2)16(18-22-17(23-25-18)12-6-7-12)21-14(24)9-8-11-4-3-5-13(19)15(11)20/h3-5,8-10,12,16H,6-7H2,1-2H3,(H,21,24)/b9-8+. The van der Waals surface area contributed by atoms with Gasteiger partial charge in [0.1, 0.15) is 6.04 Å². The van der Waals surface area contributed by atoms with Gasteiger partial charge >= 0.3 is 0 Å². The maximum absolute atomic E-state index is 12.3. The number of aromatic nitrogens is 2. The zero-order valence-corrected chi connectivity index (χ0v) is 15.5. The van der Waals surface area contributed by atoms with Gasteiger partial charge in [0.25, 0.3) is 0 Å². The average molecular weight is 380 g/mol. The van der Waals surface area contributed by atoms with Gasteiger partial charge in [-0.25, -0.2) is 0 Å². The molecule has 0 radical (unpaired) electrons. The second-order valence-electron chi connectivity index (χ2n) is 6.47. The predicted molar refractivity (Wildman–Crippen MR) is 97.5 cm³/mol. The number of nitrogens with zero attached hydrogens (tertiary/aromatic N) is 2. The third-order valence-electron chi connectivity index (χ3n) is 4.03. The second kappa shape index (κ2) is 7.58. The smallest absolute Gasteiger partial charge is 0.249 e. The first-order chi connectivity index (χ1) is 12.0. The Kier molecular flexibility index (Phi) is 5.45. The predicted octanol–water partition coefficient (Wildman–Crippen LogP) is 4.78. The van der Waals surface area contributed by atoms with Gasteiger partial charge in [0.15, 0.2) is 5.82 Å². The number of rotatable bonds is 6. The monoisotopic (exact) mass is 379 g/mol. The lowest BCUT2D eigenvalue weighted by molar-refractivity contribution is -0.117. The van der Waals surface area contributed by atoms with Gasteiger partial charge in [-0.2, -0.15) is 4.98 Å². The Morgan fingerprint density at radius 1 is 1.36 bits per heavy atom. The van der Waals surface area contributed by atoms with Gasteiger partial charge in [0.2, 0.25) is 11.8 Å². The molecule has 25 heavy (non-hydrogen) atoms. The number of benzene rings is 1. The van der Waals surface area contributed by atoms with Gasteiger partial charge in [-0.1, -0.05) is 54.3 Å². The summed E-state index contributed by atoms with van der Waals surface area (Å²) < 4.78 is 5.35. The summed E-state index contributed by atoms with van der Waals surface area (Å²) in [6, 6.07) is 4.92. The number of carbonyl (C=O) groups excluding carboxylic acids is 1. The van der Waals surface area contributed by atoms with Gasteiger partial charge in [-0.15, -0.1) is 0 Å². The Bertz CT molecular complexity index is 797. The van der Waals surface area contributed by atoms with E-state index in [-0.39, 0.29) is 17.9 Å². The van der Waals surface area contributed by atoms with Crippen LogP contribution in [0.15, 0.2) is 28.8 Å². The SMILES string of the molecule is CC(C)C(NC(=O)/C=C/c1cccc(Cl)c1Cl)c1nc(C2CC2)no1. The van der Waals surface area contributed by atoms with E-state index >= 15 is 0 Å². The van der Waals surface area contributed by atoms with E-state index in [4.69, 9.17) is 27.7 Å². The molecule has 0 aliphatic heterocycles. The molecule has 5 nitrogen and oxygen atoms in total. The van der Waals surface area contributed by atoms with Crippen molar-refractivity contribution >= 4 is 35.2 Å². The van der Waals surface area contributed by atoms with E-state index in [0.717, 1.165) is 18.7 Å². The van der Waals surface area contributed by atoms with Gasteiger partial charge in [0, 0.05) is 12.0 Å². The van der Waals surface area contributed by atoms with Crippen LogP contribution >= 0.6 is 23.2 Å². The summed E-state index contributed by atoms with van der Waals surface area (Å²) in [5.74, 6) is 1.43. The summed E-state index contributed by atoms with van der Waals surface area (Å²) in [5.41, 5.74) is 0.680. The van der Waals surface area contributed by atoms with Gasteiger partial charge in [-0.05, 0) is 36.5 Å². The lowest BCUT2D eigenvalue weighted by atomic mass is 10.0. The van der Waals surface area contributed by atoms with Crippen LogP contribution in [0.25, 0.3) is 6.08 Å². The second-order valence-corrected chi connectivity index (χ2v) is 7.26. The lowest BCUT2D eigenvalue weighted by Gasteiger charge is -2.17. The molecule has 1 N–H and O–H groups in total. The molecule has 1 fully saturated rings. The number of carbonyl (C=O) groups is 1. The summed E-state index contributed by atoms with van der Waals surface area (Å²) in [6.07, 6.45) is 5.25. The summed E-state index contributed by atoms with van der Waals surface area (Å²) in [5, 5.41) is 7.79. The first-order valence-electron chi connectivity index (χ1n) is 8.21. The Morgan fingerprint density at radius 3 is 2.80 bits per heavy atom. The maximum Gasteiger partial charge on any atom is 0.249 e. The zero-order valence-electron chi connectivity index (χ0n) is 14.0. The number of hydrogen-bond acceptors (Lipinski definition) is 4. The molecule has 1 amide bonds. The summed E-state index contributed by atoms with van der Waals surface area (Å²) in [6.45, 7) is 3.98. The lowest BCUT2D eigenvalue weighted by Crippen LogP contribution is -2.30. The minimum absolute atomic E-state index is 0.111. The van der Waals surface area contributed by atoms with E-state index in [9.17, 15) is 4.79 Å². The van der Waals surface area contributed by atoms with Crippen molar-refractivity contribution in [3.8, 4) is 0 Å². The van der Waals surface area contributed by atoms with Gasteiger partial charge < -0.3 is 9.84 Å².